The maximum atomic E-state index is 11.8. The Morgan fingerprint density at radius 2 is 2.14 bits per heavy atom. The average Bonchev–Trinajstić information content (AvgIpc) is 2.69. The largest absolute Gasteiger partial charge is 0.489 e. The monoisotopic (exact) mass is 325 g/mol. The molecule has 21 heavy (non-hydrogen) atoms. The third-order valence-electron chi connectivity index (χ3n) is 3.14. The standard InChI is InChI=1S/C15H16ClNO3S/c1-4-9(2)20-12-6-5-10(7-11(12)16)8-13-14(18)17(3)15(19)21-13/h5-9H,4H2,1-3H3. The summed E-state index contributed by atoms with van der Waals surface area (Å²) in [6.45, 7) is 4.01. The highest BCUT2D eigenvalue weighted by atomic mass is 35.5. The van der Waals surface area contributed by atoms with Crippen molar-refractivity contribution in [3.05, 3.63) is 33.7 Å². The van der Waals surface area contributed by atoms with Crippen molar-refractivity contribution in [1.82, 2.24) is 4.90 Å². The molecule has 1 aromatic carbocycles. The van der Waals surface area contributed by atoms with E-state index in [0.29, 0.717) is 15.7 Å². The van der Waals surface area contributed by atoms with Gasteiger partial charge >= 0.3 is 0 Å². The van der Waals surface area contributed by atoms with E-state index >= 15 is 0 Å². The fourth-order valence-corrected chi connectivity index (χ4v) is 2.76. The Morgan fingerprint density at radius 3 is 2.67 bits per heavy atom. The second-order valence-electron chi connectivity index (χ2n) is 4.77. The summed E-state index contributed by atoms with van der Waals surface area (Å²) in [5.74, 6) is 0.327. The molecule has 1 aliphatic heterocycles. The summed E-state index contributed by atoms with van der Waals surface area (Å²) < 4.78 is 5.69. The first-order valence-corrected chi connectivity index (χ1v) is 7.79. The van der Waals surface area contributed by atoms with Gasteiger partial charge in [0.05, 0.1) is 16.0 Å². The molecule has 1 aliphatic rings. The van der Waals surface area contributed by atoms with E-state index < -0.39 is 0 Å². The fourth-order valence-electron chi connectivity index (χ4n) is 1.70. The third kappa shape index (κ3) is 3.60. The third-order valence-corrected chi connectivity index (χ3v) is 4.40. The van der Waals surface area contributed by atoms with Gasteiger partial charge in [0.2, 0.25) is 0 Å². The molecule has 112 valence electrons. The van der Waals surface area contributed by atoms with Crippen LogP contribution in [0.5, 0.6) is 5.75 Å². The zero-order valence-electron chi connectivity index (χ0n) is 12.1. The summed E-state index contributed by atoms with van der Waals surface area (Å²) in [5, 5.41) is 0.217. The molecule has 1 atom stereocenters. The van der Waals surface area contributed by atoms with Crippen molar-refractivity contribution in [2.45, 2.75) is 26.4 Å². The van der Waals surface area contributed by atoms with Crippen molar-refractivity contribution in [1.29, 1.82) is 0 Å². The predicted molar refractivity (Wildman–Crippen MR) is 85.6 cm³/mol. The van der Waals surface area contributed by atoms with Crippen molar-refractivity contribution in [3.63, 3.8) is 0 Å². The van der Waals surface area contributed by atoms with Crippen LogP contribution in [-0.4, -0.2) is 29.2 Å². The summed E-state index contributed by atoms with van der Waals surface area (Å²) >= 11 is 7.11. The van der Waals surface area contributed by atoms with Gasteiger partial charge in [-0.1, -0.05) is 24.6 Å². The lowest BCUT2D eigenvalue weighted by molar-refractivity contribution is -0.121. The minimum Gasteiger partial charge on any atom is -0.489 e. The van der Waals surface area contributed by atoms with Crippen molar-refractivity contribution >= 4 is 40.6 Å². The number of rotatable bonds is 4. The number of halogens is 1. The number of hydrogen-bond donors (Lipinski definition) is 0. The first kappa shape index (κ1) is 15.9. The molecule has 1 unspecified atom stereocenters. The summed E-state index contributed by atoms with van der Waals surface area (Å²) in [7, 11) is 1.47. The van der Waals surface area contributed by atoms with Crippen molar-refractivity contribution in [2.75, 3.05) is 7.05 Å². The van der Waals surface area contributed by atoms with E-state index in [4.69, 9.17) is 16.3 Å². The molecule has 0 bridgehead atoms. The van der Waals surface area contributed by atoms with E-state index in [-0.39, 0.29) is 17.3 Å². The van der Waals surface area contributed by atoms with Gasteiger partial charge in [-0.25, -0.2) is 0 Å². The van der Waals surface area contributed by atoms with E-state index in [1.807, 2.05) is 19.9 Å². The number of carbonyl (C=O) groups excluding carboxylic acids is 2. The lowest BCUT2D eigenvalue weighted by atomic mass is 10.2. The number of benzene rings is 1. The highest BCUT2D eigenvalue weighted by molar-refractivity contribution is 8.18. The Bertz CT molecular complexity index is 615. The van der Waals surface area contributed by atoms with E-state index in [1.54, 1.807) is 18.2 Å². The maximum absolute atomic E-state index is 11.8. The molecular formula is C15H16ClNO3S. The first-order valence-electron chi connectivity index (χ1n) is 6.60. The number of hydrogen-bond acceptors (Lipinski definition) is 4. The number of amides is 2. The molecule has 1 fully saturated rings. The molecule has 1 heterocycles. The zero-order chi connectivity index (χ0) is 15.6. The van der Waals surface area contributed by atoms with Crippen molar-refractivity contribution < 1.29 is 14.3 Å². The molecular weight excluding hydrogens is 310 g/mol. The van der Waals surface area contributed by atoms with Gasteiger partial charge in [-0.15, -0.1) is 0 Å². The molecule has 0 saturated carbocycles. The molecule has 1 saturated heterocycles. The zero-order valence-corrected chi connectivity index (χ0v) is 13.6. The molecule has 4 nitrogen and oxygen atoms in total. The molecule has 0 aliphatic carbocycles. The van der Waals surface area contributed by atoms with Crippen LogP contribution in [0.4, 0.5) is 4.79 Å². The Hall–Kier alpha value is -1.46. The quantitative estimate of drug-likeness (QED) is 0.779. The van der Waals surface area contributed by atoms with Crippen LogP contribution in [0.2, 0.25) is 5.02 Å². The van der Waals surface area contributed by atoms with Crippen molar-refractivity contribution in [3.8, 4) is 5.75 Å². The minimum atomic E-state index is -0.291. The van der Waals surface area contributed by atoms with Crippen LogP contribution in [0.1, 0.15) is 25.8 Å². The van der Waals surface area contributed by atoms with Crippen molar-refractivity contribution in [2.24, 2.45) is 0 Å². The molecule has 0 radical (unpaired) electrons. The number of likely N-dealkylation sites (N-methyl/N-ethyl adjacent to an activating group) is 1. The van der Waals surface area contributed by atoms with Gasteiger partial charge in [-0.3, -0.25) is 14.5 Å². The lowest BCUT2D eigenvalue weighted by Crippen LogP contribution is -2.22. The van der Waals surface area contributed by atoms with Gasteiger partial charge in [0.1, 0.15) is 5.75 Å². The van der Waals surface area contributed by atoms with Gasteiger partial charge in [-0.2, -0.15) is 0 Å². The Labute approximate surface area is 133 Å². The summed E-state index contributed by atoms with van der Waals surface area (Å²) in [6, 6.07) is 5.31. The normalized spacial score (nSPS) is 18.5. The molecule has 1 aromatic rings. The van der Waals surface area contributed by atoms with E-state index in [1.165, 1.54) is 7.05 Å². The number of carbonyl (C=O) groups is 2. The van der Waals surface area contributed by atoms with Crippen LogP contribution in [0.3, 0.4) is 0 Å². The molecule has 6 heteroatoms. The van der Waals surface area contributed by atoms with E-state index in [9.17, 15) is 9.59 Å². The Balaban J connectivity index is 2.21. The molecule has 2 rings (SSSR count). The smallest absolute Gasteiger partial charge is 0.293 e. The first-order chi connectivity index (χ1) is 9.92. The van der Waals surface area contributed by atoms with Gasteiger partial charge in [0, 0.05) is 7.05 Å². The predicted octanol–water partition coefficient (Wildman–Crippen LogP) is 4.18. The maximum Gasteiger partial charge on any atom is 0.293 e. The summed E-state index contributed by atoms with van der Waals surface area (Å²) in [4.78, 5) is 24.7. The summed E-state index contributed by atoms with van der Waals surface area (Å²) in [6.07, 6.45) is 2.64. The van der Waals surface area contributed by atoms with Crippen LogP contribution < -0.4 is 4.74 Å². The van der Waals surface area contributed by atoms with Gasteiger partial charge in [0.25, 0.3) is 11.1 Å². The van der Waals surface area contributed by atoms with Gasteiger partial charge in [0.15, 0.2) is 0 Å². The number of imide groups is 1. The van der Waals surface area contributed by atoms with Crippen LogP contribution in [0, 0.1) is 0 Å². The fraction of sp³-hybridized carbons (Fsp3) is 0.333. The molecule has 0 aromatic heterocycles. The van der Waals surface area contributed by atoms with Crippen LogP contribution >= 0.6 is 23.4 Å². The lowest BCUT2D eigenvalue weighted by Gasteiger charge is -2.14. The summed E-state index contributed by atoms with van der Waals surface area (Å²) in [5.41, 5.74) is 0.760. The highest BCUT2D eigenvalue weighted by Gasteiger charge is 2.31. The van der Waals surface area contributed by atoms with Crippen LogP contribution in [0.25, 0.3) is 6.08 Å². The molecule has 0 spiro atoms. The number of nitrogens with zero attached hydrogens (tertiary/aromatic N) is 1. The Morgan fingerprint density at radius 1 is 1.43 bits per heavy atom. The second-order valence-corrected chi connectivity index (χ2v) is 6.17. The van der Waals surface area contributed by atoms with E-state index in [0.717, 1.165) is 28.6 Å². The van der Waals surface area contributed by atoms with Gasteiger partial charge in [-0.05, 0) is 48.9 Å². The van der Waals surface area contributed by atoms with E-state index in [2.05, 4.69) is 0 Å². The average molecular weight is 326 g/mol. The molecule has 0 N–H and O–H groups in total. The minimum absolute atomic E-state index is 0.0879. The highest BCUT2D eigenvalue weighted by Crippen LogP contribution is 2.33. The van der Waals surface area contributed by atoms with Crippen LogP contribution in [-0.2, 0) is 4.79 Å². The second kappa shape index (κ2) is 6.54. The van der Waals surface area contributed by atoms with Gasteiger partial charge < -0.3 is 4.74 Å². The topological polar surface area (TPSA) is 46.6 Å². The number of thioether (sulfide) groups is 1. The van der Waals surface area contributed by atoms with Crippen LogP contribution in [0.15, 0.2) is 23.1 Å². The number of ether oxygens (including phenoxy) is 1. The Kier molecular flexibility index (Phi) is 4.96. The molecule has 2 amide bonds. The SMILES string of the molecule is CCC(C)Oc1ccc(C=C2SC(=O)N(C)C2=O)cc1Cl.